The lowest BCUT2D eigenvalue weighted by molar-refractivity contribution is -0.120. The largest absolute Gasteiger partial charge is 0.386 e. The van der Waals surface area contributed by atoms with Gasteiger partial charge < -0.3 is 10.2 Å². The summed E-state index contributed by atoms with van der Waals surface area (Å²) in [6.07, 6.45) is 1.41. The van der Waals surface area contributed by atoms with Crippen LogP contribution in [0.4, 0.5) is 5.69 Å². The fraction of sp³-hybridized carbons (Fsp3) is 0.0667. The van der Waals surface area contributed by atoms with E-state index in [2.05, 4.69) is 10.5 Å². The Kier molecular flexibility index (Phi) is 5.60. The summed E-state index contributed by atoms with van der Waals surface area (Å²) in [5, 5.41) is 7.19. The van der Waals surface area contributed by atoms with E-state index in [0.29, 0.717) is 21.3 Å². The van der Waals surface area contributed by atoms with Gasteiger partial charge in [0.05, 0.1) is 16.3 Å². The molecule has 2 rings (SSSR count). The van der Waals surface area contributed by atoms with Crippen LogP contribution in [0.5, 0.6) is 0 Å². The first-order valence-electron chi connectivity index (χ1n) is 6.11. The van der Waals surface area contributed by atoms with Gasteiger partial charge in [-0.1, -0.05) is 58.7 Å². The third-order valence-corrected chi connectivity index (χ3v) is 3.33. The second-order valence-electron chi connectivity index (χ2n) is 4.07. The van der Waals surface area contributed by atoms with Crippen molar-refractivity contribution in [2.24, 2.45) is 5.16 Å². The molecule has 0 radical (unpaired) electrons. The fourth-order valence-corrected chi connectivity index (χ4v) is 1.89. The minimum Gasteiger partial charge on any atom is -0.386 e. The summed E-state index contributed by atoms with van der Waals surface area (Å²) >= 11 is 11.9. The molecule has 0 aliphatic rings. The minimum atomic E-state index is -0.296. The third kappa shape index (κ3) is 4.77. The maximum absolute atomic E-state index is 11.6. The molecule has 0 spiro atoms. The van der Waals surface area contributed by atoms with Crippen LogP contribution in [-0.4, -0.2) is 18.7 Å². The molecule has 0 atom stereocenters. The van der Waals surface area contributed by atoms with Crippen LogP contribution in [0.15, 0.2) is 53.7 Å². The van der Waals surface area contributed by atoms with Crippen LogP contribution in [0.2, 0.25) is 10.0 Å². The summed E-state index contributed by atoms with van der Waals surface area (Å²) in [5.74, 6) is -0.296. The number of anilines is 1. The van der Waals surface area contributed by atoms with Crippen molar-refractivity contribution in [3.63, 3.8) is 0 Å². The first kappa shape index (κ1) is 15.4. The Morgan fingerprint density at radius 2 is 1.90 bits per heavy atom. The monoisotopic (exact) mass is 322 g/mol. The zero-order valence-corrected chi connectivity index (χ0v) is 12.4. The summed E-state index contributed by atoms with van der Waals surface area (Å²) in [6, 6.07) is 14.3. The molecule has 0 saturated carbocycles. The number of para-hydroxylation sites is 1. The van der Waals surface area contributed by atoms with Crippen LogP contribution in [0.3, 0.4) is 0 Å². The highest BCUT2D eigenvalue weighted by molar-refractivity contribution is 6.43. The van der Waals surface area contributed by atoms with Gasteiger partial charge in [-0.05, 0) is 18.2 Å². The van der Waals surface area contributed by atoms with Gasteiger partial charge in [0.2, 0.25) is 0 Å². The standard InChI is InChI=1S/C15H12Cl2N2O2/c16-13-8-4-5-11(15(13)17)9-18-21-10-14(20)19-12-6-2-1-3-7-12/h1-9H,10H2,(H,19,20)/b18-9-. The van der Waals surface area contributed by atoms with E-state index in [1.165, 1.54) is 6.21 Å². The van der Waals surface area contributed by atoms with Crippen LogP contribution in [-0.2, 0) is 9.63 Å². The molecule has 4 nitrogen and oxygen atoms in total. The summed E-state index contributed by atoms with van der Waals surface area (Å²) < 4.78 is 0. The summed E-state index contributed by atoms with van der Waals surface area (Å²) in [6.45, 7) is -0.191. The Hall–Kier alpha value is -2.04. The van der Waals surface area contributed by atoms with E-state index in [-0.39, 0.29) is 12.5 Å². The number of carbonyl (C=O) groups excluding carboxylic acids is 1. The molecule has 0 aliphatic carbocycles. The van der Waals surface area contributed by atoms with E-state index >= 15 is 0 Å². The first-order chi connectivity index (χ1) is 10.2. The first-order valence-corrected chi connectivity index (χ1v) is 6.86. The SMILES string of the molecule is O=C(CO/N=C\c1cccc(Cl)c1Cl)Nc1ccccc1. The third-order valence-electron chi connectivity index (χ3n) is 2.50. The van der Waals surface area contributed by atoms with E-state index in [9.17, 15) is 4.79 Å². The molecule has 108 valence electrons. The van der Waals surface area contributed by atoms with Gasteiger partial charge in [0, 0.05) is 11.3 Å². The van der Waals surface area contributed by atoms with E-state index in [1.807, 2.05) is 18.2 Å². The van der Waals surface area contributed by atoms with E-state index in [4.69, 9.17) is 28.0 Å². The average molecular weight is 323 g/mol. The zero-order valence-electron chi connectivity index (χ0n) is 10.9. The Labute approximate surface area is 132 Å². The maximum atomic E-state index is 11.6. The van der Waals surface area contributed by atoms with Gasteiger partial charge in [-0.15, -0.1) is 0 Å². The number of halogens is 2. The van der Waals surface area contributed by atoms with Gasteiger partial charge in [-0.25, -0.2) is 0 Å². The van der Waals surface area contributed by atoms with Crippen LogP contribution in [0.25, 0.3) is 0 Å². The molecular formula is C15H12Cl2N2O2. The second-order valence-corrected chi connectivity index (χ2v) is 4.85. The quantitative estimate of drug-likeness (QED) is 0.668. The molecule has 0 bridgehead atoms. The highest BCUT2D eigenvalue weighted by Gasteiger charge is 2.03. The van der Waals surface area contributed by atoms with Crippen molar-refractivity contribution in [1.29, 1.82) is 0 Å². The molecule has 1 N–H and O–H groups in total. The molecule has 2 aromatic carbocycles. The number of rotatable bonds is 5. The lowest BCUT2D eigenvalue weighted by atomic mass is 10.2. The molecule has 6 heteroatoms. The van der Waals surface area contributed by atoms with Crippen molar-refractivity contribution < 1.29 is 9.63 Å². The molecule has 2 aromatic rings. The molecule has 0 unspecified atom stereocenters. The van der Waals surface area contributed by atoms with Gasteiger partial charge in [-0.2, -0.15) is 0 Å². The van der Waals surface area contributed by atoms with Crippen molar-refractivity contribution in [3.05, 3.63) is 64.1 Å². The summed E-state index contributed by atoms with van der Waals surface area (Å²) in [4.78, 5) is 16.5. The highest BCUT2D eigenvalue weighted by atomic mass is 35.5. The number of amides is 1. The molecule has 0 heterocycles. The van der Waals surface area contributed by atoms with E-state index in [0.717, 1.165) is 0 Å². The minimum absolute atomic E-state index is 0.191. The number of nitrogens with one attached hydrogen (secondary N) is 1. The van der Waals surface area contributed by atoms with Crippen LogP contribution in [0.1, 0.15) is 5.56 Å². The Morgan fingerprint density at radius 3 is 2.67 bits per heavy atom. The van der Waals surface area contributed by atoms with Crippen molar-refractivity contribution in [2.75, 3.05) is 11.9 Å². The average Bonchev–Trinajstić information content (AvgIpc) is 2.49. The molecular weight excluding hydrogens is 311 g/mol. The van der Waals surface area contributed by atoms with Crippen LogP contribution in [0, 0.1) is 0 Å². The number of carbonyl (C=O) groups is 1. The molecule has 0 aliphatic heterocycles. The van der Waals surface area contributed by atoms with Crippen molar-refractivity contribution in [2.45, 2.75) is 0 Å². The van der Waals surface area contributed by atoms with Crippen molar-refractivity contribution >= 4 is 41.0 Å². The Balaban J connectivity index is 1.82. The lowest BCUT2D eigenvalue weighted by Gasteiger charge is -2.03. The molecule has 21 heavy (non-hydrogen) atoms. The van der Waals surface area contributed by atoms with Crippen LogP contribution < -0.4 is 5.32 Å². The molecule has 1 amide bonds. The van der Waals surface area contributed by atoms with E-state index < -0.39 is 0 Å². The second kappa shape index (κ2) is 7.67. The predicted molar refractivity (Wildman–Crippen MR) is 85.1 cm³/mol. The highest BCUT2D eigenvalue weighted by Crippen LogP contribution is 2.24. The Bertz CT molecular complexity index is 645. The zero-order chi connectivity index (χ0) is 15.1. The van der Waals surface area contributed by atoms with Gasteiger partial charge in [0.1, 0.15) is 0 Å². The van der Waals surface area contributed by atoms with Gasteiger partial charge in [0.15, 0.2) is 6.61 Å². The lowest BCUT2D eigenvalue weighted by Crippen LogP contribution is -2.16. The van der Waals surface area contributed by atoms with Gasteiger partial charge in [-0.3, -0.25) is 4.79 Å². The molecule has 0 fully saturated rings. The maximum Gasteiger partial charge on any atom is 0.265 e. The summed E-state index contributed by atoms with van der Waals surface area (Å²) in [7, 11) is 0. The Morgan fingerprint density at radius 1 is 1.14 bits per heavy atom. The molecule has 0 saturated heterocycles. The molecule has 0 aromatic heterocycles. The smallest absolute Gasteiger partial charge is 0.265 e. The number of nitrogens with zero attached hydrogens (tertiary/aromatic N) is 1. The number of benzene rings is 2. The number of hydrogen-bond donors (Lipinski definition) is 1. The van der Waals surface area contributed by atoms with Crippen molar-refractivity contribution in [3.8, 4) is 0 Å². The fourth-order valence-electron chi connectivity index (χ4n) is 1.53. The van der Waals surface area contributed by atoms with Gasteiger partial charge in [0.25, 0.3) is 5.91 Å². The van der Waals surface area contributed by atoms with Gasteiger partial charge >= 0.3 is 0 Å². The van der Waals surface area contributed by atoms with Crippen LogP contribution >= 0.6 is 23.2 Å². The van der Waals surface area contributed by atoms with E-state index in [1.54, 1.807) is 30.3 Å². The normalized spacial score (nSPS) is 10.6. The number of oxime groups is 1. The predicted octanol–water partition coefficient (Wildman–Crippen LogP) is 3.98. The summed E-state index contributed by atoms with van der Waals surface area (Å²) in [5.41, 5.74) is 1.32. The number of hydrogen-bond acceptors (Lipinski definition) is 3. The topological polar surface area (TPSA) is 50.7 Å². The van der Waals surface area contributed by atoms with Crippen molar-refractivity contribution in [1.82, 2.24) is 0 Å².